The Bertz CT molecular complexity index is 175. The van der Waals surface area contributed by atoms with Gasteiger partial charge in [-0.15, -0.1) is 0 Å². The van der Waals surface area contributed by atoms with Crippen molar-refractivity contribution in [3.8, 4) is 0 Å². The lowest BCUT2D eigenvalue weighted by molar-refractivity contribution is 0.358. The monoisotopic (exact) mass is 196 g/mol. The lowest BCUT2D eigenvalue weighted by atomic mass is 9.97. The number of hydrogen-bond acceptors (Lipinski definition) is 2. The van der Waals surface area contributed by atoms with E-state index >= 15 is 0 Å². The summed E-state index contributed by atoms with van der Waals surface area (Å²) in [4.78, 5) is 0. The molecule has 2 N–H and O–H groups in total. The quantitative estimate of drug-likeness (QED) is 0.719. The zero-order valence-corrected chi connectivity index (χ0v) is 9.55. The van der Waals surface area contributed by atoms with Crippen molar-refractivity contribution in [2.45, 2.75) is 51.6 Å². The summed E-state index contributed by atoms with van der Waals surface area (Å²) in [5.74, 6) is 1.79. The van der Waals surface area contributed by atoms with Crippen LogP contribution in [0.1, 0.15) is 39.5 Å². The maximum Gasteiger partial charge on any atom is 0.0193 e. The standard InChI is InChI=1S/C12H24N2/c1-9-5-6-12(10(9)2)14-8-11-4-3-7-13-11/h9-14H,3-8H2,1-2H3. The van der Waals surface area contributed by atoms with Gasteiger partial charge in [-0.2, -0.15) is 0 Å². The molecule has 14 heavy (non-hydrogen) atoms. The van der Waals surface area contributed by atoms with Crippen molar-refractivity contribution in [1.29, 1.82) is 0 Å². The van der Waals surface area contributed by atoms with Gasteiger partial charge in [-0.05, 0) is 44.1 Å². The highest BCUT2D eigenvalue weighted by molar-refractivity contribution is 4.87. The third kappa shape index (κ3) is 2.29. The van der Waals surface area contributed by atoms with Crippen molar-refractivity contribution in [3.05, 3.63) is 0 Å². The first-order valence-electron chi connectivity index (χ1n) is 6.24. The van der Waals surface area contributed by atoms with Crippen LogP contribution in [0.4, 0.5) is 0 Å². The molecule has 0 bridgehead atoms. The van der Waals surface area contributed by atoms with Crippen LogP contribution in [0.2, 0.25) is 0 Å². The summed E-state index contributed by atoms with van der Waals surface area (Å²) in [6.07, 6.45) is 5.53. The number of rotatable bonds is 3. The van der Waals surface area contributed by atoms with E-state index in [1.807, 2.05) is 0 Å². The Morgan fingerprint density at radius 2 is 2.07 bits per heavy atom. The van der Waals surface area contributed by atoms with Crippen molar-refractivity contribution in [2.75, 3.05) is 13.1 Å². The molecule has 82 valence electrons. The Morgan fingerprint density at radius 3 is 2.64 bits per heavy atom. The molecule has 2 rings (SSSR count). The van der Waals surface area contributed by atoms with Crippen LogP contribution in [0.5, 0.6) is 0 Å². The first-order chi connectivity index (χ1) is 6.77. The van der Waals surface area contributed by atoms with Crippen LogP contribution in [-0.4, -0.2) is 25.2 Å². The molecule has 1 aliphatic carbocycles. The second-order valence-corrected chi connectivity index (χ2v) is 5.22. The second kappa shape index (κ2) is 4.63. The van der Waals surface area contributed by atoms with E-state index in [4.69, 9.17) is 0 Å². The van der Waals surface area contributed by atoms with Crippen LogP contribution in [0.15, 0.2) is 0 Å². The van der Waals surface area contributed by atoms with Crippen LogP contribution >= 0.6 is 0 Å². The topological polar surface area (TPSA) is 24.1 Å². The summed E-state index contributed by atoms with van der Waals surface area (Å²) < 4.78 is 0. The van der Waals surface area contributed by atoms with Crippen molar-refractivity contribution in [1.82, 2.24) is 10.6 Å². The average molecular weight is 196 g/mol. The van der Waals surface area contributed by atoms with Crippen molar-refractivity contribution < 1.29 is 0 Å². The van der Waals surface area contributed by atoms with Gasteiger partial charge in [0.15, 0.2) is 0 Å². The molecule has 4 unspecified atom stereocenters. The normalized spacial score (nSPS) is 43.3. The minimum atomic E-state index is 0.748. The first-order valence-corrected chi connectivity index (χ1v) is 6.24. The molecule has 0 amide bonds. The molecule has 0 aromatic rings. The average Bonchev–Trinajstić information content (AvgIpc) is 2.77. The van der Waals surface area contributed by atoms with E-state index in [0.29, 0.717) is 0 Å². The fraction of sp³-hybridized carbons (Fsp3) is 1.00. The van der Waals surface area contributed by atoms with Crippen molar-refractivity contribution in [2.24, 2.45) is 11.8 Å². The number of nitrogens with one attached hydrogen (secondary N) is 2. The molecule has 1 saturated heterocycles. The van der Waals surface area contributed by atoms with Crippen LogP contribution < -0.4 is 10.6 Å². The van der Waals surface area contributed by atoms with Gasteiger partial charge in [0.05, 0.1) is 0 Å². The van der Waals surface area contributed by atoms with E-state index < -0.39 is 0 Å². The Morgan fingerprint density at radius 1 is 1.21 bits per heavy atom. The van der Waals surface area contributed by atoms with Crippen molar-refractivity contribution >= 4 is 0 Å². The molecule has 2 fully saturated rings. The fourth-order valence-corrected chi connectivity index (χ4v) is 2.88. The summed E-state index contributed by atoms with van der Waals surface area (Å²) in [6.45, 7) is 7.20. The van der Waals surface area contributed by atoms with E-state index in [1.54, 1.807) is 0 Å². The molecule has 1 aliphatic heterocycles. The second-order valence-electron chi connectivity index (χ2n) is 5.22. The van der Waals surface area contributed by atoms with Crippen LogP contribution in [0, 0.1) is 11.8 Å². The molecule has 0 spiro atoms. The van der Waals surface area contributed by atoms with Gasteiger partial charge in [-0.25, -0.2) is 0 Å². The molecular formula is C12H24N2. The van der Waals surface area contributed by atoms with Crippen LogP contribution in [-0.2, 0) is 0 Å². The Balaban J connectivity index is 1.70. The van der Waals surface area contributed by atoms with Gasteiger partial charge >= 0.3 is 0 Å². The summed E-state index contributed by atoms with van der Waals surface area (Å²) >= 11 is 0. The maximum atomic E-state index is 3.74. The minimum Gasteiger partial charge on any atom is -0.313 e. The lowest BCUT2D eigenvalue weighted by Crippen LogP contribution is -2.41. The molecule has 1 saturated carbocycles. The van der Waals surface area contributed by atoms with E-state index in [9.17, 15) is 0 Å². The third-order valence-corrected chi connectivity index (χ3v) is 4.25. The van der Waals surface area contributed by atoms with Gasteiger partial charge in [0.2, 0.25) is 0 Å². The van der Waals surface area contributed by atoms with Gasteiger partial charge < -0.3 is 10.6 Å². The molecule has 2 aliphatic rings. The highest BCUT2D eigenvalue weighted by Crippen LogP contribution is 2.31. The molecule has 0 aromatic heterocycles. The smallest absolute Gasteiger partial charge is 0.0193 e. The van der Waals surface area contributed by atoms with Gasteiger partial charge in [0.1, 0.15) is 0 Å². The molecule has 0 radical (unpaired) electrons. The summed E-state index contributed by atoms with van der Waals surface area (Å²) in [5.41, 5.74) is 0. The molecular weight excluding hydrogens is 172 g/mol. The Kier molecular flexibility index (Phi) is 3.45. The van der Waals surface area contributed by atoms with Crippen LogP contribution in [0.25, 0.3) is 0 Å². The fourth-order valence-electron chi connectivity index (χ4n) is 2.88. The maximum absolute atomic E-state index is 3.74. The van der Waals surface area contributed by atoms with Gasteiger partial charge in [-0.1, -0.05) is 13.8 Å². The van der Waals surface area contributed by atoms with E-state index in [2.05, 4.69) is 24.5 Å². The van der Waals surface area contributed by atoms with Crippen LogP contribution in [0.3, 0.4) is 0 Å². The zero-order valence-electron chi connectivity index (χ0n) is 9.55. The van der Waals surface area contributed by atoms with Gasteiger partial charge in [-0.3, -0.25) is 0 Å². The Hall–Kier alpha value is -0.0800. The molecule has 0 aromatic carbocycles. The molecule has 1 heterocycles. The predicted molar refractivity (Wildman–Crippen MR) is 60.4 cm³/mol. The minimum absolute atomic E-state index is 0.748. The highest BCUT2D eigenvalue weighted by atomic mass is 15.0. The Labute approximate surface area is 87.8 Å². The lowest BCUT2D eigenvalue weighted by Gasteiger charge is -2.21. The molecule has 4 atom stereocenters. The van der Waals surface area contributed by atoms with Crippen molar-refractivity contribution in [3.63, 3.8) is 0 Å². The van der Waals surface area contributed by atoms with E-state index in [0.717, 1.165) is 23.9 Å². The molecule has 2 nitrogen and oxygen atoms in total. The van der Waals surface area contributed by atoms with E-state index in [1.165, 1.54) is 38.8 Å². The summed E-state index contributed by atoms with van der Waals surface area (Å²) in [6, 6.07) is 1.53. The first kappa shape index (κ1) is 10.4. The SMILES string of the molecule is CC1CCC(NCC2CCCN2)C1C. The zero-order chi connectivity index (χ0) is 9.97. The summed E-state index contributed by atoms with van der Waals surface area (Å²) in [5, 5.41) is 7.29. The van der Waals surface area contributed by atoms with Gasteiger partial charge in [0.25, 0.3) is 0 Å². The molecule has 2 heteroatoms. The van der Waals surface area contributed by atoms with E-state index in [-0.39, 0.29) is 0 Å². The highest BCUT2D eigenvalue weighted by Gasteiger charge is 2.29. The summed E-state index contributed by atoms with van der Waals surface area (Å²) in [7, 11) is 0. The largest absolute Gasteiger partial charge is 0.313 e. The predicted octanol–water partition coefficient (Wildman–Crippen LogP) is 1.76. The third-order valence-electron chi connectivity index (χ3n) is 4.25. The number of hydrogen-bond donors (Lipinski definition) is 2. The van der Waals surface area contributed by atoms with Gasteiger partial charge in [0, 0.05) is 18.6 Å².